The fourth-order valence-electron chi connectivity index (χ4n) is 1.70. The van der Waals surface area contributed by atoms with Gasteiger partial charge in [-0.05, 0) is 12.1 Å². The van der Waals surface area contributed by atoms with Crippen LogP contribution in [-0.2, 0) is 4.79 Å². The number of hydrogen-bond acceptors (Lipinski definition) is 2. The molecule has 1 aliphatic heterocycles. The molecule has 0 spiro atoms. The van der Waals surface area contributed by atoms with Crippen molar-refractivity contribution in [1.82, 2.24) is 0 Å². The average Bonchev–Trinajstić information content (AvgIpc) is 2.55. The number of para-hydroxylation sites is 2. The Labute approximate surface area is 118 Å². The van der Waals surface area contributed by atoms with Gasteiger partial charge in [0.2, 0.25) is 5.91 Å². The van der Waals surface area contributed by atoms with Crippen LogP contribution in [0.5, 0.6) is 0 Å². The fourth-order valence-corrected chi connectivity index (χ4v) is 1.70. The SMILES string of the molecule is O=C1C=C(C(F)(F)C(F)(F)C(F)(F)F)Nc2ccccc2N1. The molecule has 0 saturated heterocycles. The van der Waals surface area contributed by atoms with Crippen LogP contribution in [0.15, 0.2) is 36.0 Å². The minimum atomic E-state index is -6.48. The lowest BCUT2D eigenvalue weighted by Crippen LogP contribution is -2.54. The highest BCUT2D eigenvalue weighted by molar-refractivity contribution is 6.04. The van der Waals surface area contributed by atoms with Gasteiger partial charge in [0.25, 0.3) is 0 Å². The van der Waals surface area contributed by atoms with Crippen molar-refractivity contribution in [2.45, 2.75) is 18.0 Å². The summed E-state index contributed by atoms with van der Waals surface area (Å²) in [6.45, 7) is 0. The molecular weight excluding hydrogens is 321 g/mol. The van der Waals surface area contributed by atoms with E-state index in [9.17, 15) is 35.5 Å². The standard InChI is InChI=1S/C12H7F7N2O/c13-10(14,11(15,16)12(17,18)19)8-5-9(22)21-7-4-2-1-3-6(7)20-8/h1-5,20H,(H,21,22). The number of hydrogen-bond donors (Lipinski definition) is 2. The molecule has 0 fully saturated rings. The van der Waals surface area contributed by atoms with E-state index in [0.29, 0.717) is 0 Å². The van der Waals surface area contributed by atoms with Crippen LogP contribution in [0.4, 0.5) is 42.1 Å². The van der Waals surface area contributed by atoms with E-state index in [1.165, 1.54) is 18.2 Å². The summed E-state index contributed by atoms with van der Waals surface area (Å²) in [4.78, 5) is 11.4. The maximum atomic E-state index is 13.7. The lowest BCUT2D eigenvalue weighted by atomic mass is 10.1. The van der Waals surface area contributed by atoms with Crippen LogP contribution < -0.4 is 10.6 Å². The molecule has 0 atom stereocenters. The molecule has 1 amide bonds. The van der Waals surface area contributed by atoms with E-state index in [1.807, 2.05) is 0 Å². The Morgan fingerprint density at radius 2 is 1.32 bits per heavy atom. The molecule has 1 aromatic carbocycles. The number of carbonyl (C=O) groups excluding carboxylic acids is 1. The first-order chi connectivity index (χ1) is 9.97. The number of anilines is 2. The molecule has 0 unspecified atom stereocenters. The van der Waals surface area contributed by atoms with Crippen LogP contribution in [0, 0.1) is 0 Å². The monoisotopic (exact) mass is 328 g/mol. The average molecular weight is 328 g/mol. The number of rotatable bonds is 2. The van der Waals surface area contributed by atoms with Gasteiger partial charge in [-0.15, -0.1) is 0 Å². The van der Waals surface area contributed by atoms with Gasteiger partial charge in [0, 0.05) is 6.08 Å². The first-order valence-electron chi connectivity index (χ1n) is 5.68. The van der Waals surface area contributed by atoms with Gasteiger partial charge in [0.15, 0.2) is 0 Å². The summed E-state index contributed by atoms with van der Waals surface area (Å²) in [6, 6.07) is 5.13. The molecule has 2 rings (SSSR count). The van der Waals surface area contributed by atoms with Crippen LogP contribution in [-0.4, -0.2) is 23.9 Å². The van der Waals surface area contributed by atoms with Gasteiger partial charge in [-0.1, -0.05) is 12.1 Å². The zero-order valence-corrected chi connectivity index (χ0v) is 10.4. The van der Waals surface area contributed by atoms with Gasteiger partial charge in [-0.25, -0.2) is 0 Å². The Hall–Kier alpha value is -2.26. The van der Waals surface area contributed by atoms with Crippen molar-refractivity contribution in [3.8, 4) is 0 Å². The minimum Gasteiger partial charge on any atom is -0.352 e. The van der Waals surface area contributed by atoms with Crippen LogP contribution in [0.2, 0.25) is 0 Å². The quantitative estimate of drug-likeness (QED) is 0.812. The van der Waals surface area contributed by atoms with E-state index in [-0.39, 0.29) is 17.5 Å². The van der Waals surface area contributed by atoms with Crippen molar-refractivity contribution in [2.75, 3.05) is 10.6 Å². The number of benzene rings is 1. The molecule has 1 aliphatic rings. The number of halogens is 7. The molecule has 1 aromatic rings. The van der Waals surface area contributed by atoms with E-state index in [0.717, 1.165) is 6.07 Å². The van der Waals surface area contributed by atoms with E-state index in [1.54, 1.807) is 5.32 Å². The summed E-state index contributed by atoms with van der Waals surface area (Å²) in [5.74, 6) is -13.3. The smallest absolute Gasteiger partial charge is 0.352 e. The summed E-state index contributed by atoms with van der Waals surface area (Å²) in [5, 5.41) is 3.83. The second-order valence-corrected chi connectivity index (χ2v) is 4.36. The summed E-state index contributed by atoms with van der Waals surface area (Å²) < 4.78 is 90.0. The van der Waals surface area contributed by atoms with Crippen molar-refractivity contribution < 1.29 is 35.5 Å². The number of alkyl halides is 7. The second-order valence-electron chi connectivity index (χ2n) is 4.36. The Morgan fingerprint density at radius 1 is 0.818 bits per heavy atom. The van der Waals surface area contributed by atoms with Gasteiger partial charge in [0.05, 0.1) is 17.1 Å². The Balaban J connectivity index is 2.49. The zero-order chi connectivity index (χ0) is 16.8. The van der Waals surface area contributed by atoms with E-state index >= 15 is 0 Å². The van der Waals surface area contributed by atoms with Crippen molar-refractivity contribution in [3.05, 3.63) is 36.0 Å². The lowest BCUT2D eigenvalue weighted by Gasteiger charge is -2.30. The zero-order valence-electron chi connectivity index (χ0n) is 10.4. The van der Waals surface area contributed by atoms with Crippen LogP contribution in [0.1, 0.15) is 0 Å². The molecule has 10 heteroatoms. The predicted octanol–water partition coefficient (Wildman–Crippen LogP) is 3.77. The maximum Gasteiger partial charge on any atom is 0.460 e. The molecule has 2 N–H and O–H groups in total. The van der Waals surface area contributed by atoms with Crippen LogP contribution >= 0.6 is 0 Å². The van der Waals surface area contributed by atoms with Crippen molar-refractivity contribution in [1.29, 1.82) is 0 Å². The third-order valence-electron chi connectivity index (χ3n) is 2.82. The predicted molar refractivity (Wildman–Crippen MR) is 62.7 cm³/mol. The first-order valence-corrected chi connectivity index (χ1v) is 5.68. The number of fused-ring (bicyclic) bond motifs is 1. The summed E-state index contributed by atoms with van der Waals surface area (Å²) in [7, 11) is 0. The molecule has 120 valence electrons. The third kappa shape index (κ3) is 2.48. The Morgan fingerprint density at radius 3 is 1.82 bits per heavy atom. The van der Waals surface area contributed by atoms with Gasteiger partial charge in [0.1, 0.15) is 0 Å². The van der Waals surface area contributed by atoms with Gasteiger partial charge in [-0.2, -0.15) is 30.7 Å². The summed E-state index contributed by atoms with van der Waals surface area (Å²) in [5.41, 5.74) is -2.13. The highest BCUT2D eigenvalue weighted by Crippen LogP contribution is 2.50. The van der Waals surface area contributed by atoms with Crippen molar-refractivity contribution in [3.63, 3.8) is 0 Å². The summed E-state index contributed by atoms with van der Waals surface area (Å²) in [6.07, 6.45) is -6.51. The van der Waals surface area contributed by atoms with E-state index < -0.39 is 29.6 Å². The van der Waals surface area contributed by atoms with Crippen molar-refractivity contribution in [2.24, 2.45) is 0 Å². The van der Waals surface area contributed by atoms with Crippen LogP contribution in [0.3, 0.4) is 0 Å². The maximum absolute atomic E-state index is 13.7. The highest BCUT2D eigenvalue weighted by atomic mass is 19.4. The molecule has 0 aliphatic carbocycles. The normalized spacial score (nSPS) is 16.1. The number of allylic oxidation sites excluding steroid dienone is 1. The third-order valence-corrected chi connectivity index (χ3v) is 2.82. The summed E-state index contributed by atoms with van der Waals surface area (Å²) >= 11 is 0. The topological polar surface area (TPSA) is 41.1 Å². The first kappa shape index (κ1) is 16.1. The van der Waals surface area contributed by atoms with Crippen molar-refractivity contribution >= 4 is 17.3 Å². The van der Waals surface area contributed by atoms with Gasteiger partial charge in [-0.3, -0.25) is 4.79 Å². The Kier molecular flexibility index (Phi) is 3.58. The molecular formula is C12H7F7N2O. The molecule has 0 radical (unpaired) electrons. The number of amides is 1. The molecule has 0 bridgehead atoms. The van der Waals surface area contributed by atoms with Crippen LogP contribution in [0.25, 0.3) is 0 Å². The lowest BCUT2D eigenvalue weighted by molar-refractivity contribution is -0.344. The second kappa shape index (κ2) is 4.89. The highest BCUT2D eigenvalue weighted by Gasteiger charge is 2.74. The fraction of sp³-hybridized carbons (Fsp3) is 0.250. The molecule has 3 nitrogen and oxygen atoms in total. The van der Waals surface area contributed by atoms with Gasteiger partial charge >= 0.3 is 18.0 Å². The molecule has 0 aromatic heterocycles. The largest absolute Gasteiger partial charge is 0.460 e. The molecule has 22 heavy (non-hydrogen) atoms. The Bertz CT molecular complexity index is 637. The minimum absolute atomic E-state index is 0.0281. The molecule has 0 saturated carbocycles. The number of carbonyl (C=O) groups is 1. The van der Waals surface area contributed by atoms with E-state index in [4.69, 9.17) is 0 Å². The van der Waals surface area contributed by atoms with E-state index in [2.05, 4.69) is 5.32 Å². The van der Waals surface area contributed by atoms with Gasteiger partial charge < -0.3 is 10.6 Å². The number of nitrogens with one attached hydrogen (secondary N) is 2. The molecule has 1 heterocycles.